The Kier molecular flexibility index (Phi) is 4.33. The van der Waals surface area contributed by atoms with Gasteiger partial charge in [-0.2, -0.15) is 0 Å². The number of rotatable bonds is 4. The Bertz CT molecular complexity index is 520. The average molecular weight is 259 g/mol. The van der Waals surface area contributed by atoms with Gasteiger partial charge in [0.05, 0.1) is 5.69 Å². The van der Waals surface area contributed by atoms with Gasteiger partial charge >= 0.3 is 0 Å². The monoisotopic (exact) mass is 259 g/mol. The summed E-state index contributed by atoms with van der Waals surface area (Å²) in [6, 6.07) is 8.43. The number of thioether (sulfide) groups is 1. The standard InChI is InChI=1S/C14H17N3S/c1-10-5-11(2)7-12(6-10)9-18-14-16-4-3-13(8-15)17-14/h3-7H,8-9,15H2,1-2H3. The summed E-state index contributed by atoms with van der Waals surface area (Å²) in [5.74, 6) is 0.885. The number of hydrogen-bond donors (Lipinski definition) is 1. The molecule has 0 bridgehead atoms. The predicted octanol–water partition coefficient (Wildman–Crippen LogP) is 2.84. The van der Waals surface area contributed by atoms with E-state index in [0.29, 0.717) is 6.54 Å². The van der Waals surface area contributed by atoms with E-state index in [1.165, 1.54) is 16.7 Å². The van der Waals surface area contributed by atoms with Crippen molar-refractivity contribution < 1.29 is 0 Å². The van der Waals surface area contributed by atoms with Crippen molar-refractivity contribution in [1.82, 2.24) is 9.97 Å². The molecule has 0 spiro atoms. The van der Waals surface area contributed by atoms with Crippen molar-refractivity contribution in [2.75, 3.05) is 0 Å². The molecule has 1 aromatic heterocycles. The Labute approximate surface area is 112 Å². The molecule has 0 aliphatic carbocycles. The van der Waals surface area contributed by atoms with Crippen molar-refractivity contribution in [3.63, 3.8) is 0 Å². The van der Waals surface area contributed by atoms with Crippen molar-refractivity contribution in [1.29, 1.82) is 0 Å². The Morgan fingerprint density at radius 3 is 2.56 bits per heavy atom. The van der Waals surface area contributed by atoms with E-state index in [0.717, 1.165) is 16.6 Å². The number of nitrogens with zero attached hydrogens (tertiary/aromatic N) is 2. The summed E-state index contributed by atoms with van der Waals surface area (Å²) < 4.78 is 0. The first-order chi connectivity index (χ1) is 8.67. The summed E-state index contributed by atoms with van der Waals surface area (Å²) in [5.41, 5.74) is 10.3. The molecule has 0 saturated carbocycles. The molecule has 2 N–H and O–H groups in total. The van der Waals surface area contributed by atoms with Crippen molar-refractivity contribution in [2.45, 2.75) is 31.3 Å². The lowest BCUT2D eigenvalue weighted by Gasteiger charge is -2.05. The van der Waals surface area contributed by atoms with Gasteiger partial charge in [0, 0.05) is 18.5 Å². The summed E-state index contributed by atoms with van der Waals surface area (Å²) in [4.78, 5) is 8.62. The van der Waals surface area contributed by atoms with Crippen LogP contribution in [0.3, 0.4) is 0 Å². The van der Waals surface area contributed by atoms with Crippen LogP contribution in [0.2, 0.25) is 0 Å². The maximum Gasteiger partial charge on any atom is 0.188 e. The Morgan fingerprint density at radius 2 is 1.89 bits per heavy atom. The van der Waals surface area contributed by atoms with Crippen LogP contribution in [-0.4, -0.2) is 9.97 Å². The van der Waals surface area contributed by atoms with Crippen LogP contribution < -0.4 is 5.73 Å². The number of hydrogen-bond acceptors (Lipinski definition) is 4. The largest absolute Gasteiger partial charge is 0.325 e. The zero-order valence-electron chi connectivity index (χ0n) is 10.7. The lowest BCUT2D eigenvalue weighted by atomic mass is 10.1. The topological polar surface area (TPSA) is 51.8 Å². The van der Waals surface area contributed by atoms with Crippen molar-refractivity contribution in [2.24, 2.45) is 5.73 Å². The summed E-state index contributed by atoms with van der Waals surface area (Å²) in [7, 11) is 0. The van der Waals surface area contributed by atoms with E-state index in [1.54, 1.807) is 18.0 Å². The van der Waals surface area contributed by atoms with Crippen molar-refractivity contribution in [3.8, 4) is 0 Å². The Hall–Kier alpha value is -1.39. The zero-order valence-corrected chi connectivity index (χ0v) is 11.5. The molecular weight excluding hydrogens is 242 g/mol. The number of benzene rings is 1. The molecule has 1 heterocycles. The van der Waals surface area contributed by atoms with Crippen LogP contribution >= 0.6 is 11.8 Å². The number of nitrogens with two attached hydrogens (primary N) is 1. The van der Waals surface area contributed by atoms with Gasteiger partial charge in [-0.25, -0.2) is 9.97 Å². The highest BCUT2D eigenvalue weighted by Gasteiger charge is 2.01. The number of aromatic nitrogens is 2. The van der Waals surface area contributed by atoms with Gasteiger partial charge in [0.15, 0.2) is 5.16 Å². The summed E-state index contributed by atoms with van der Waals surface area (Å²) in [6.07, 6.45) is 1.76. The smallest absolute Gasteiger partial charge is 0.188 e. The van der Waals surface area contributed by atoms with E-state index in [4.69, 9.17) is 5.73 Å². The van der Waals surface area contributed by atoms with Crippen LogP contribution in [0.15, 0.2) is 35.6 Å². The molecule has 18 heavy (non-hydrogen) atoms. The van der Waals surface area contributed by atoms with Crippen molar-refractivity contribution in [3.05, 3.63) is 52.8 Å². The molecule has 0 unspecified atom stereocenters. The van der Waals surface area contributed by atoms with Gasteiger partial charge < -0.3 is 5.73 Å². The molecule has 0 atom stereocenters. The van der Waals surface area contributed by atoms with Gasteiger partial charge in [0.25, 0.3) is 0 Å². The summed E-state index contributed by atoms with van der Waals surface area (Å²) in [6.45, 7) is 4.69. The molecule has 94 valence electrons. The quantitative estimate of drug-likeness (QED) is 0.677. The second-order valence-corrected chi connectivity index (χ2v) is 5.26. The minimum Gasteiger partial charge on any atom is -0.325 e. The first-order valence-corrected chi connectivity index (χ1v) is 6.88. The van der Waals surface area contributed by atoms with Crippen LogP contribution in [0.5, 0.6) is 0 Å². The van der Waals surface area contributed by atoms with E-state index in [2.05, 4.69) is 42.0 Å². The predicted molar refractivity (Wildman–Crippen MR) is 75.4 cm³/mol. The van der Waals surface area contributed by atoms with Crippen LogP contribution in [0.25, 0.3) is 0 Å². The molecule has 3 nitrogen and oxygen atoms in total. The van der Waals surface area contributed by atoms with E-state index in [-0.39, 0.29) is 0 Å². The van der Waals surface area contributed by atoms with Gasteiger partial charge in [0.2, 0.25) is 0 Å². The van der Waals surface area contributed by atoms with Gasteiger partial charge in [-0.1, -0.05) is 41.1 Å². The second kappa shape index (κ2) is 5.98. The Balaban J connectivity index is 2.06. The van der Waals surface area contributed by atoms with Crippen molar-refractivity contribution >= 4 is 11.8 Å². The summed E-state index contributed by atoms with van der Waals surface area (Å²) in [5, 5.41) is 0.789. The SMILES string of the molecule is Cc1cc(C)cc(CSc2nccc(CN)n2)c1. The second-order valence-electron chi connectivity index (χ2n) is 4.32. The first-order valence-electron chi connectivity index (χ1n) is 5.89. The highest BCUT2D eigenvalue weighted by atomic mass is 32.2. The van der Waals surface area contributed by atoms with Crippen LogP contribution in [0.1, 0.15) is 22.4 Å². The molecule has 2 aromatic rings. The van der Waals surface area contributed by atoms with E-state index >= 15 is 0 Å². The van der Waals surface area contributed by atoms with Crippen LogP contribution in [0, 0.1) is 13.8 Å². The zero-order chi connectivity index (χ0) is 13.0. The minimum absolute atomic E-state index is 0.458. The fourth-order valence-electron chi connectivity index (χ4n) is 1.86. The highest BCUT2D eigenvalue weighted by Crippen LogP contribution is 2.20. The fourth-order valence-corrected chi connectivity index (χ4v) is 2.64. The molecule has 1 aromatic carbocycles. The first kappa shape index (κ1) is 13.1. The molecule has 0 fully saturated rings. The molecule has 0 radical (unpaired) electrons. The molecule has 0 saturated heterocycles. The maximum atomic E-state index is 5.57. The third-order valence-corrected chi connectivity index (χ3v) is 3.48. The van der Waals surface area contributed by atoms with E-state index in [1.807, 2.05) is 6.07 Å². The molecule has 2 rings (SSSR count). The molecular formula is C14H17N3S. The van der Waals surface area contributed by atoms with Gasteiger partial charge in [-0.05, 0) is 25.5 Å². The normalized spacial score (nSPS) is 10.6. The maximum absolute atomic E-state index is 5.57. The van der Waals surface area contributed by atoms with Gasteiger partial charge in [0.1, 0.15) is 0 Å². The lowest BCUT2D eigenvalue weighted by molar-refractivity contribution is 0.874. The van der Waals surface area contributed by atoms with Gasteiger partial charge in [-0.15, -0.1) is 0 Å². The highest BCUT2D eigenvalue weighted by molar-refractivity contribution is 7.98. The van der Waals surface area contributed by atoms with E-state index in [9.17, 15) is 0 Å². The minimum atomic E-state index is 0.458. The molecule has 0 amide bonds. The third kappa shape index (κ3) is 3.55. The summed E-state index contributed by atoms with van der Waals surface area (Å²) >= 11 is 1.64. The number of aryl methyl sites for hydroxylation is 2. The Morgan fingerprint density at radius 1 is 1.17 bits per heavy atom. The molecule has 0 aliphatic rings. The fraction of sp³-hybridized carbons (Fsp3) is 0.286. The van der Waals surface area contributed by atoms with Gasteiger partial charge in [-0.3, -0.25) is 0 Å². The van der Waals surface area contributed by atoms with Crippen LogP contribution in [-0.2, 0) is 12.3 Å². The third-order valence-electron chi connectivity index (χ3n) is 2.55. The molecule has 4 heteroatoms. The van der Waals surface area contributed by atoms with E-state index < -0.39 is 0 Å². The lowest BCUT2D eigenvalue weighted by Crippen LogP contribution is -2.01. The molecule has 0 aliphatic heterocycles. The van der Waals surface area contributed by atoms with Crippen LogP contribution in [0.4, 0.5) is 0 Å². The average Bonchev–Trinajstić information content (AvgIpc) is 2.35.